The summed E-state index contributed by atoms with van der Waals surface area (Å²) < 4.78 is 6.25. The smallest absolute Gasteiger partial charge is 0.313 e. The second-order valence-corrected chi connectivity index (χ2v) is 20.2. The molecule has 0 radical (unpaired) electrons. The van der Waals surface area contributed by atoms with Gasteiger partial charge in [-0.3, -0.25) is 14.4 Å². The van der Waals surface area contributed by atoms with Gasteiger partial charge in [0.1, 0.15) is 0 Å². The Kier molecular flexibility index (Phi) is 10.9. The van der Waals surface area contributed by atoms with Crippen molar-refractivity contribution in [2.24, 2.45) is 16.2 Å². The molecule has 1 aliphatic heterocycles. The summed E-state index contributed by atoms with van der Waals surface area (Å²) in [6, 6.07) is 38.2. The summed E-state index contributed by atoms with van der Waals surface area (Å²) in [6.45, 7) is 10.4. The van der Waals surface area contributed by atoms with Crippen molar-refractivity contribution in [3.05, 3.63) is 155 Å². The van der Waals surface area contributed by atoms with Crippen LogP contribution < -0.4 is 0 Å². The monoisotopic (exact) mass is 843 g/mol. The number of amides is 1. The number of benzene rings is 5. The van der Waals surface area contributed by atoms with Gasteiger partial charge < -0.3 is 19.8 Å². The van der Waals surface area contributed by atoms with Gasteiger partial charge in [-0.15, -0.1) is 0 Å². The minimum absolute atomic E-state index is 0.0331. The fraction of sp³-hybridized carbons (Fsp3) is 0.411. The van der Waals surface area contributed by atoms with E-state index in [-0.39, 0.29) is 36.7 Å². The van der Waals surface area contributed by atoms with E-state index in [1.807, 2.05) is 99.6 Å². The van der Waals surface area contributed by atoms with Crippen LogP contribution in [0.5, 0.6) is 0 Å². The van der Waals surface area contributed by atoms with Crippen LogP contribution in [0.3, 0.4) is 0 Å². The zero-order chi connectivity index (χ0) is 44.4. The van der Waals surface area contributed by atoms with Crippen molar-refractivity contribution in [3.8, 4) is 11.1 Å². The highest BCUT2D eigenvalue weighted by atomic mass is 16.6. The second kappa shape index (κ2) is 16.0. The molecule has 5 aromatic carbocycles. The number of nitrogens with zero attached hydrogens (tertiary/aromatic N) is 1. The van der Waals surface area contributed by atoms with Crippen LogP contribution in [-0.4, -0.2) is 56.6 Å². The first-order valence-electron chi connectivity index (χ1n) is 23.0. The molecule has 1 heterocycles. The standard InChI is InChI=1S/C56H61NO6/c1-37-13-12-29-53(4)48(46-27-21-38(33-44(58)26-20-37)34-47(46)49(59)42-24-22-40(23-25-42)39-14-7-6-8-15-39)28-30-55(53,62)36-57(35-43-18-11-17-41-16-9-10-19-45(41)43)50(60)56-32-31-54(5,51(61)63-56)52(56,2)3/h6-11,13-19,21-25,27,34,44,48,58,62H,12,20,26,28-33,35-36H2,1-5H3/t44-,48-,53-,54-,55+,56+/m0/s1. The number of carbonyl (C=O) groups excluding carboxylic acids is 3. The third-order valence-corrected chi connectivity index (χ3v) is 16.6. The number of carbonyl (C=O) groups is 3. The van der Waals surface area contributed by atoms with Crippen LogP contribution in [0.4, 0.5) is 0 Å². The van der Waals surface area contributed by atoms with Crippen molar-refractivity contribution in [3.63, 3.8) is 0 Å². The van der Waals surface area contributed by atoms with Crippen LogP contribution >= 0.6 is 0 Å². The Morgan fingerprint density at radius 1 is 0.794 bits per heavy atom. The first-order chi connectivity index (χ1) is 30.1. The molecule has 326 valence electrons. The van der Waals surface area contributed by atoms with E-state index in [2.05, 4.69) is 56.3 Å². The highest BCUT2D eigenvalue weighted by Crippen LogP contribution is 2.66. The maximum Gasteiger partial charge on any atom is 0.313 e. The van der Waals surface area contributed by atoms with E-state index >= 15 is 4.79 Å². The maximum absolute atomic E-state index is 15.6. The summed E-state index contributed by atoms with van der Waals surface area (Å²) in [4.78, 5) is 45.9. The van der Waals surface area contributed by atoms with E-state index in [0.29, 0.717) is 62.5 Å². The molecule has 1 saturated heterocycles. The lowest BCUT2D eigenvalue weighted by Gasteiger charge is -2.47. The summed E-state index contributed by atoms with van der Waals surface area (Å²) >= 11 is 0. The van der Waals surface area contributed by atoms with E-state index in [9.17, 15) is 19.8 Å². The number of hydrogen-bond acceptors (Lipinski definition) is 6. The first-order valence-corrected chi connectivity index (χ1v) is 23.0. The number of allylic oxidation sites excluding steroid dienone is 2. The molecule has 2 saturated carbocycles. The van der Waals surface area contributed by atoms with Crippen molar-refractivity contribution in [2.45, 2.75) is 122 Å². The molecule has 0 unspecified atom stereocenters. The normalized spacial score (nSPS) is 28.9. The zero-order valence-electron chi connectivity index (χ0n) is 37.5. The lowest BCUT2D eigenvalue weighted by molar-refractivity contribution is -0.178. The van der Waals surface area contributed by atoms with E-state index in [1.165, 1.54) is 5.57 Å². The number of aliphatic hydroxyl groups is 2. The molecule has 1 amide bonds. The van der Waals surface area contributed by atoms with Crippen LogP contribution in [0, 0.1) is 16.2 Å². The molecule has 7 nitrogen and oxygen atoms in total. The van der Waals surface area contributed by atoms with E-state index < -0.39 is 33.6 Å². The minimum atomic E-state index is -1.38. The Morgan fingerprint density at radius 2 is 1.51 bits per heavy atom. The summed E-state index contributed by atoms with van der Waals surface area (Å²) in [5.74, 6) is -0.920. The first kappa shape index (κ1) is 42.9. The second-order valence-electron chi connectivity index (χ2n) is 20.2. The molecule has 63 heavy (non-hydrogen) atoms. The van der Waals surface area contributed by atoms with Gasteiger partial charge in [-0.1, -0.05) is 142 Å². The van der Waals surface area contributed by atoms with Gasteiger partial charge in [0, 0.05) is 28.5 Å². The average Bonchev–Trinajstić information content (AvgIpc) is 3.72. The quantitative estimate of drug-likeness (QED) is 0.0916. The van der Waals surface area contributed by atoms with Gasteiger partial charge >= 0.3 is 5.97 Å². The molecule has 5 aromatic rings. The summed E-state index contributed by atoms with van der Waals surface area (Å²) in [5.41, 5.74) is 2.08. The van der Waals surface area contributed by atoms with Crippen molar-refractivity contribution in [2.75, 3.05) is 6.54 Å². The van der Waals surface area contributed by atoms with Gasteiger partial charge in [0.2, 0.25) is 0 Å². The Balaban J connectivity index is 1.14. The Hall–Kier alpha value is -5.37. The predicted molar refractivity (Wildman–Crippen MR) is 248 cm³/mol. The van der Waals surface area contributed by atoms with Crippen LogP contribution in [0.15, 0.2) is 127 Å². The number of fused-ring (bicyclic) bond motifs is 11. The van der Waals surface area contributed by atoms with Gasteiger partial charge in [-0.05, 0) is 122 Å². The maximum atomic E-state index is 15.6. The topological polar surface area (TPSA) is 104 Å². The van der Waals surface area contributed by atoms with E-state index in [4.69, 9.17) is 4.74 Å². The number of esters is 1. The molecule has 4 bridgehead atoms. The number of aliphatic hydroxyl groups excluding tert-OH is 1. The minimum Gasteiger partial charge on any atom is -0.448 e. The number of rotatable bonds is 8. The Labute approximate surface area is 372 Å². The SMILES string of the molecule is CC1=CCC[C@@]2(C)[C@@H](CC[C@@]2(O)CN(Cc2cccc3ccccc23)C(=O)[C@@]23CC[C@@](C)(C(=O)O2)C3(C)C)c2ccc(cc2C(=O)c2ccc(-c3ccccc3)cc2)C[C@@H](O)CC1. The largest absolute Gasteiger partial charge is 0.448 e. The van der Waals surface area contributed by atoms with E-state index in [1.54, 1.807) is 4.90 Å². The lowest BCUT2D eigenvalue weighted by atomic mass is 9.64. The fourth-order valence-corrected chi connectivity index (χ4v) is 11.9. The van der Waals surface area contributed by atoms with Gasteiger partial charge in [0.25, 0.3) is 5.91 Å². The molecule has 3 fully saturated rings. The van der Waals surface area contributed by atoms with Crippen LogP contribution in [-0.2, 0) is 27.3 Å². The molecule has 0 aromatic heterocycles. The summed E-state index contributed by atoms with van der Waals surface area (Å²) in [5, 5.41) is 26.9. The number of ketones is 1. The molecule has 7 heteroatoms. The van der Waals surface area contributed by atoms with Gasteiger partial charge in [-0.25, -0.2) is 0 Å². The molecule has 5 aliphatic rings. The molecular formula is C56H61NO6. The zero-order valence-corrected chi connectivity index (χ0v) is 37.5. The third-order valence-electron chi connectivity index (χ3n) is 16.6. The van der Waals surface area contributed by atoms with Crippen molar-refractivity contribution < 1.29 is 29.3 Å². The number of hydrogen-bond donors (Lipinski definition) is 2. The molecule has 6 atom stereocenters. The number of ether oxygens (including phenoxy) is 1. The summed E-state index contributed by atoms with van der Waals surface area (Å²) in [6.07, 6.45) is 6.74. The predicted octanol–water partition coefficient (Wildman–Crippen LogP) is 10.9. The van der Waals surface area contributed by atoms with E-state index in [0.717, 1.165) is 45.0 Å². The summed E-state index contributed by atoms with van der Waals surface area (Å²) in [7, 11) is 0. The van der Waals surface area contributed by atoms with Crippen LogP contribution in [0.1, 0.15) is 125 Å². The van der Waals surface area contributed by atoms with Crippen LogP contribution in [0.2, 0.25) is 0 Å². The van der Waals surface area contributed by atoms with Crippen molar-refractivity contribution in [1.29, 1.82) is 0 Å². The molecule has 0 spiro atoms. The van der Waals surface area contributed by atoms with Crippen molar-refractivity contribution >= 4 is 28.4 Å². The van der Waals surface area contributed by atoms with Gasteiger partial charge in [0.05, 0.1) is 23.7 Å². The van der Waals surface area contributed by atoms with Crippen molar-refractivity contribution in [1.82, 2.24) is 4.90 Å². The van der Waals surface area contributed by atoms with Gasteiger partial charge in [-0.2, -0.15) is 0 Å². The molecule has 10 rings (SSSR count). The Bertz CT molecular complexity index is 2610. The fourth-order valence-electron chi connectivity index (χ4n) is 11.9. The highest BCUT2D eigenvalue weighted by molar-refractivity contribution is 6.10. The van der Waals surface area contributed by atoms with Crippen LogP contribution in [0.25, 0.3) is 21.9 Å². The molecular weight excluding hydrogens is 783 g/mol. The average molecular weight is 844 g/mol. The van der Waals surface area contributed by atoms with Gasteiger partial charge in [0.15, 0.2) is 11.4 Å². The Morgan fingerprint density at radius 3 is 2.24 bits per heavy atom. The third kappa shape index (κ3) is 7.07. The molecule has 2 N–H and O–H groups in total. The highest BCUT2D eigenvalue weighted by Gasteiger charge is 2.76. The molecule has 4 aliphatic carbocycles. The lowest BCUT2D eigenvalue weighted by Crippen LogP contribution is -2.60.